The lowest BCUT2D eigenvalue weighted by atomic mass is 10.1. The average molecular weight is 382 g/mol. The van der Waals surface area contributed by atoms with Crippen molar-refractivity contribution in [3.05, 3.63) is 53.6 Å². The normalized spacial score (nSPS) is 13.8. The van der Waals surface area contributed by atoms with Crippen molar-refractivity contribution in [3.63, 3.8) is 0 Å². The smallest absolute Gasteiger partial charge is 0.238 e. The lowest BCUT2D eigenvalue weighted by Crippen LogP contribution is -2.33. The molecule has 3 rings (SSSR count). The summed E-state index contributed by atoms with van der Waals surface area (Å²) in [6.07, 6.45) is 2.52. The van der Waals surface area contributed by atoms with E-state index in [-0.39, 0.29) is 5.91 Å². The molecule has 1 amide bonds. The fraction of sp³-hybridized carbons (Fsp3) is 0.435. The molecule has 0 bridgehead atoms. The summed E-state index contributed by atoms with van der Waals surface area (Å²) in [6, 6.07) is 14.3. The molecular weight excluding hydrogens is 350 g/mol. The summed E-state index contributed by atoms with van der Waals surface area (Å²) in [4.78, 5) is 16.8. The van der Waals surface area contributed by atoms with Crippen LogP contribution in [0.1, 0.15) is 24.0 Å². The molecule has 0 aliphatic carbocycles. The first-order chi connectivity index (χ1) is 13.5. The Bertz CT molecular complexity index is 800. The van der Waals surface area contributed by atoms with Crippen LogP contribution in [0.3, 0.4) is 0 Å². The highest BCUT2D eigenvalue weighted by Gasteiger charge is 2.14. The third-order valence-electron chi connectivity index (χ3n) is 5.19. The molecule has 28 heavy (non-hydrogen) atoms. The Morgan fingerprint density at radius 2 is 1.86 bits per heavy atom. The summed E-state index contributed by atoms with van der Waals surface area (Å²) in [7, 11) is 1.93. The molecule has 1 N–H and O–H groups in total. The quantitative estimate of drug-likeness (QED) is 0.754. The number of anilines is 2. The number of ether oxygens (including phenoxy) is 1. The molecule has 5 heteroatoms. The first-order valence-electron chi connectivity index (χ1n) is 10.1. The van der Waals surface area contributed by atoms with Gasteiger partial charge in [-0.15, -0.1) is 0 Å². The zero-order valence-electron chi connectivity index (χ0n) is 17.2. The predicted octanol–water partition coefficient (Wildman–Crippen LogP) is 3.85. The van der Waals surface area contributed by atoms with Gasteiger partial charge >= 0.3 is 0 Å². The van der Waals surface area contributed by atoms with Crippen LogP contribution in [0.4, 0.5) is 11.4 Å². The Labute approximate surface area is 168 Å². The zero-order valence-corrected chi connectivity index (χ0v) is 17.2. The molecule has 0 atom stereocenters. The lowest BCUT2D eigenvalue weighted by Gasteiger charge is -2.20. The summed E-state index contributed by atoms with van der Waals surface area (Å²) in [5.74, 6) is 0.893. The molecule has 150 valence electrons. The van der Waals surface area contributed by atoms with E-state index in [1.165, 1.54) is 18.5 Å². The molecule has 0 aromatic heterocycles. The van der Waals surface area contributed by atoms with Crippen LogP contribution < -0.4 is 15.0 Å². The monoisotopic (exact) mass is 381 g/mol. The van der Waals surface area contributed by atoms with Crippen LogP contribution in [0.2, 0.25) is 0 Å². The summed E-state index contributed by atoms with van der Waals surface area (Å²) in [6.45, 7) is 7.91. The third kappa shape index (κ3) is 5.49. The molecule has 0 unspecified atom stereocenters. The maximum absolute atomic E-state index is 12.4. The van der Waals surface area contributed by atoms with Crippen molar-refractivity contribution in [3.8, 4) is 5.75 Å². The number of benzene rings is 2. The fourth-order valence-electron chi connectivity index (χ4n) is 3.50. The summed E-state index contributed by atoms with van der Waals surface area (Å²) < 4.78 is 5.81. The number of rotatable bonds is 8. The maximum atomic E-state index is 12.4. The Kier molecular flexibility index (Phi) is 6.93. The molecule has 0 saturated carbocycles. The van der Waals surface area contributed by atoms with Crippen molar-refractivity contribution in [2.45, 2.75) is 26.7 Å². The minimum absolute atomic E-state index is 0.00425. The highest BCUT2D eigenvalue weighted by molar-refractivity contribution is 5.93. The first kappa shape index (κ1) is 20.2. The van der Waals surface area contributed by atoms with Gasteiger partial charge in [0.1, 0.15) is 12.4 Å². The largest absolute Gasteiger partial charge is 0.492 e. The molecule has 0 spiro atoms. The second-order valence-corrected chi connectivity index (χ2v) is 7.59. The van der Waals surface area contributed by atoms with E-state index in [9.17, 15) is 4.79 Å². The number of hydrogen-bond acceptors (Lipinski definition) is 4. The van der Waals surface area contributed by atoms with Crippen LogP contribution in [0, 0.1) is 13.8 Å². The van der Waals surface area contributed by atoms with E-state index < -0.39 is 0 Å². The van der Waals surface area contributed by atoms with Crippen LogP contribution >= 0.6 is 0 Å². The summed E-state index contributed by atoms with van der Waals surface area (Å²) >= 11 is 0. The molecule has 1 saturated heterocycles. The lowest BCUT2D eigenvalue weighted by molar-refractivity contribution is -0.117. The van der Waals surface area contributed by atoms with E-state index in [4.69, 9.17) is 4.74 Å². The molecule has 1 aliphatic heterocycles. The molecule has 2 aromatic rings. The fourth-order valence-corrected chi connectivity index (χ4v) is 3.50. The molecule has 2 aromatic carbocycles. The van der Waals surface area contributed by atoms with E-state index in [0.29, 0.717) is 19.7 Å². The highest BCUT2D eigenvalue weighted by atomic mass is 16.5. The van der Waals surface area contributed by atoms with Crippen molar-refractivity contribution < 1.29 is 9.53 Å². The molecule has 5 nitrogen and oxygen atoms in total. The highest BCUT2D eigenvalue weighted by Crippen LogP contribution is 2.25. The van der Waals surface area contributed by atoms with Crippen LogP contribution in [0.25, 0.3) is 0 Å². The molecular formula is C23H31N3O2. The van der Waals surface area contributed by atoms with Gasteiger partial charge in [0, 0.05) is 31.0 Å². The van der Waals surface area contributed by atoms with Crippen molar-refractivity contribution in [1.29, 1.82) is 0 Å². The maximum Gasteiger partial charge on any atom is 0.238 e. The Morgan fingerprint density at radius 3 is 2.57 bits per heavy atom. The first-order valence-corrected chi connectivity index (χ1v) is 10.1. The van der Waals surface area contributed by atoms with Gasteiger partial charge in [-0.25, -0.2) is 0 Å². The van der Waals surface area contributed by atoms with Gasteiger partial charge in [0.25, 0.3) is 0 Å². The molecule has 1 fully saturated rings. The van der Waals surface area contributed by atoms with Crippen LogP contribution in [0.5, 0.6) is 5.75 Å². The number of aryl methyl sites for hydroxylation is 2. The van der Waals surface area contributed by atoms with Crippen molar-refractivity contribution in [2.24, 2.45) is 0 Å². The third-order valence-corrected chi connectivity index (χ3v) is 5.19. The molecule has 1 heterocycles. The number of likely N-dealkylation sites (N-methyl/N-ethyl adjacent to an activating group) is 1. The van der Waals surface area contributed by atoms with Crippen molar-refractivity contribution in [2.75, 3.05) is 50.1 Å². The van der Waals surface area contributed by atoms with E-state index >= 15 is 0 Å². The molecule has 0 radical (unpaired) electrons. The number of amides is 1. The number of para-hydroxylation sites is 1. The van der Waals surface area contributed by atoms with E-state index in [0.717, 1.165) is 35.7 Å². The van der Waals surface area contributed by atoms with Gasteiger partial charge in [0.15, 0.2) is 0 Å². The van der Waals surface area contributed by atoms with Crippen LogP contribution in [-0.2, 0) is 4.79 Å². The van der Waals surface area contributed by atoms with Crippen molar-refractivity contribution in [1.82, 2.24) is 4.90 Å². The minimum atomic E-state index is -0.00425. The molecule has 1 aliphatic rings. The van der Waals surface area contributed by atoms with E-state index in [1.807, 2.05) is 49.2 Å². The number of carbonyl (C=O) groups excluding carboxylic acids is 1. The number of hydrogen-bond donors (Lipinski definition) is 1. The van der Waals surface area contributed by atoms with E-state index in [1.54, 1.807) is 0 Å². The Balaban J connectivity index is 1.45. The standard InChI is InChI=1S/C23H31N3O2/c1-18-8-4-5-9-22(18)28-15-14-25(3)17-23(27)24-21-11-10-20(16-19(21)2)26-12-6-7-13-26/h4-5,8-11,16H,6-7,12-15,17H2,1-3H3,(H,24,27). The summed E-state index contributed by atoms with van der Waals surface area (Å²) in [5, 5.41) is 3.04. The van der Waals surface area contributed by atoms with Gasteiger partial charge in [-0.2, -0.15) is 0 Å². The van der Waals surface area contributed by atoms with Crippen LogP contribution in [0.15, 0.2) is 42.5 Å². The van der Waals surface area contributed by atoms with Crippen LogP contribution in [-0.4, -0.2) is 50.6 Å². The number of nitrogens with one attached hydrogen (secondary N) is 1. The zero-order chi connectivity index (χ0) is 19.9. The van der Waals surface area contributed by atoms with E-state index in [2.05, 4.69) is 29.3 Å². The SMILES string of the molecule is Cc1cc(N2CCCC2)ccc1NC(=O)CN(C)CCOc1ccccc1C. The average Bonchev–Trinajstić information content (AvgIpc) is 3.19. The number of nitrogens with zero attached hydrogens (tertiary/aromatic N) is 2. The Morgan fingerprint density at radius 1 is 1.11 bits per heavy atom. The van der Waals surface area contributed by atoms with Gasteiger partial charge in [-0.1, -0.05) is 18.2 Å². The van der Waals surface area contributed by atoms with Gasteiger partial charge in [-0.3, -0.25) is 9.69 Å². The second-order valence-electron chi connectivity index (χ2n) is 7.59. The second kappa shape index (κ2) is 9.60. The summed E-state index contributed by atoms with van der Waals surface area (Å²) in [5.41, 5.74) is 4.36. The van der Waals surface area contributed by atoms with Gasteiger partial charge < -0.3 is 15.0 Å². The van der Waals surface area contributed by atoms with Crippen molar-refractivity contribution >= 4 is 17.3 Å². The minimum Gasteiger partial charge on any atom is -0.492 e. The van der Waals surface area contributed by atoms with Gasteiger partial charge in [0.2, 0.25) is 5.91 Å². The number of carbonyl (C=O) groups is 1. The van der Waals surface area contributed by atoms with Gasteiger partial charge in [-0.05, 0) is 69.1 Å². The van der Waals surface area contributed by atoms with Gasteiger partial charge in [0.05, 0.1) is 6.54 Å². The topological polar surface area (TPSA) is 44.8 Å². The predicted molar refractivity (Wildman–Crippen MR) is 115 cm³/mol. The Hall–Kier alpha value is -2.53.